The lowest BCUT2D eigenvalue weighted by Crippen LogP contribution is -2.39. The Kier molecular flexibility index (Phi) is 9.74. The standard InChI is InChI=1S/C18H26N2O5/c1-3-5-6-11-25-15-9-7-14(8-10-15)18(23)20-12-16(21)19-13-17(22)24-4-2/h7-10H,3-6,11-13H2,1-2H3,(H,19,21)(H,20,23). The van der Waals surface area contributed by atoms with Crippen molar-refractivity contribution >= 4 is 17.8 Å². The molecular formula is C18H26N2O5. The second kappa shape index (κ2) is 11.9. The van der Waals surface area contributed by atoms with Crippen molar-refractivity contribution in [2.75, 3.05) is 26.3 Å². The van der Waals surface area contributed by atoms with Crippen LogP contribution in [0.4, 0.5) is 0 Å². The van der Waals surface area contributed by atoms with Crippen molar-refractivity contribution in [2.24, 2.45) is 0 Å². The number of esters is 1. The Morgan fingerprint density at radius 3 is 2.32 bits per heavy atom. The third-order valence-corrected chi connectivity index (χ3v) is 3.28. The minimum atomic E-state index is -0.517. The number of amides is 2. The largest absolute Gasteiger partial charge is 0.494 e. The molecule has 0 aliphatic rings. The van der Waals surface area contributed by atoms with Gasteiger partial charge in [0.2, 0.25) is 5.91 Å². The molecule has 2 amide bonds. The Balaban J connectivity index is 2.32. The van der Waals surface area contributed by atoms with Gasteiger partial charge in [-0.1, -0.05) is 19.8 Å². The number of hydrogen-bond donors (Lipinski definition) is 2. The van der Waals surface area contributed by atoms with Crippen LogP contribution in [0.3, 0.4) is 0 Å². The lowest BCUT2D eigenvalue weighted by Gasteiger charge is -2.08. The molecule has 0 aliphatic carbocycles. The molecule has 0 radical (unpaired) electrons. The summed E-state index contributed by atoms with van der Waals surface area (Å²) in [6.45, 7) is 4.29. The monoisotopic (exact) mass is 350 g/mol. The normalized spacial score (nSPS) is 10.0. The molecule has 0 fully saturated rings. The first kappa shape index (κ1) is 20.5. The molecular weight excluding hydrogens is 324 g/mol. The molecule has 0 heterocycles. The second-order valence-electron chi connectivity index (χ2n) is 5.34. The molecule has 1 aromatic rings. The highest BCUT2D eigenvalue weighted by molar-refractivity contribution is 5.96. The molecule has 0 aromatic heterocycles. The maximum atomic E-state index is 12.0. The van der Waals surface area contributed by atoms with E-state index in [2.05, 4.69) is 22.3 Å². The topological polar surface area (TPSA) is 93.7 Å². The van der Waals surface area contributed by atoms with Gasteiger partial charge in [-0.05, 0) is 37.6 Å². The molecule has 7 heteroatoms. The van der Waals surface area contributed by atoms with E-state index in [9.17, 15) is 14.4 Å². The molecule has 138 valence electrons. The summed E-state index contributed by atoms with van der Waals surface area (Å²) < 4.78 is 10.3. The number of unbranched alkanes of at least 4 members (excludes halogenated alkanes) is 2. The number of benzene rings is 1. The predicted molar refractivity (Wildman–Crippen MR) is 93.4 cm³/mol. The Labute approximate surface area is 148 Å². The molecule has 2 N–H and O–H groups in total. The van der Waals surface area contributed by atoms with Crippen LogP contribution < -0.4 is 15.4 Å². The minimum Gasteiger partial charge on any atom is -0.494 e. The summed E-state index contributed by atoms with van der Waals surface area (Å²) >= 11 is 0. The maximum absolute atomic E-state index is 12.0. The fourth-order valence-corrected chi connectivity index (χ4v) is 1.95. The summed E-state index contributed by atoms with van der Waals surface area (Å²) in [6, 6.07) is 6.73. The van der Waals surface area contributed by atoms with Gasteiger partial charge in [0.1, 0.15) is 12.3 Å². The fourth-order valence-electron chi connectivity index (χ4n) is 1.95. The molecule has 25 heavy (non-hydrogen) atoms. The van der Waals surface area contributed by atoms with Gasteiger partial charge in [0.05, 0.1) is 19.8 Å². The van der Waals surface area contributed by atoms with E-state index in [1.807, 2.05) is 0 Å². The Hall–Kier alpha value is -2.57. The van der Waals surface area contributed by atoms with Crippen molar-refractivity contribution in [3.05, 3.63) is 29.8 Å². The van der Waals surface area contributed by atoms with E-state index in [1.165, 1.54) is 0 Å². The number of rotatable bonds is 11. The van der Waals surface area contributed by atoms with Gasteiger partial charge < -0.3 is 20.1 Å². The molecule has 7 nitrogen and oxygen atoms in total. The van der Waals surface area contributed by atoms with Crippen LogP contribution in [0.1, 0.15) is 43.5 Å². The van der Waals surface area contributed by atoms with Crippen LogP contribution in [0.2, 0.25) is 0 Å². The van der Waals surface area contributed by atoms with E-state index in [0.29, 0.717) is 17.9 Å². The van der Waals surface area contributed by atoms with Gasteiger partial charge in [0.15, 0.2) is 0 Å². The van der Waals surface area contributed by atoms with E-state index >= 15 is 0 Å². The average molecular weight is 350 g/mol. The first-order valence-electron chi connectivity index (χ1n) is 8.50. The maximum Gasteiger partial charge on any atom is 0.325 e. The first-order chi connectivity index (χ1) is 12.1. The van der Waals surface area contributed by atoms with Crippen LogP contribution in [0.25, 0.3) is 0 Å². The zero-order valence-corrected chi connectivity index (χ0v) is 14.8. The van der Waals surface area contributed by atoms with Crippen LogP contribution in [0.15, 0.2) is 24.3 Å². The fraction of sp³-hybridized carbons (Fsp3) is 0.500. The lowest BCUT2D eigenvalue weighted by atomic mass is 10.2. The van der Waals surface area contributed by atoms with Crippen LogP contribution in [0, 0.1) is 0 Å². The van der Waals surface area contributed by atoms with Crippen LogP contribution in [-0.2, 0) is 14.3 Å². The third-order valence-electron chi connectivity index (χ3n) is 3.28. The molecule has 0 aliphatic heterocycles. The smallest absolute Gasteiger partial charge is 0.325 e. The quantitative estimate of drug-likeness (QED) is 0.468. The average Bonchev–Trinajstić information content (AvgIpc) is 2.62. The molecule has 1 rings (SSSR count). The van der Waals surface area contributed by atoms with Crippen molar-refractivity contribution in [1.29, 1.82) is 0 Å². The number of carbonyl (C=O) groups is 3. The van der Waals surface area contributed by atoms with E-state index in [-0.39, 0.29) is 25.6 Å². The molecule has 0 bridgehead atoms. The molecule has 0 unspecified atom stereocenters. The summed E-state index contributed by atoms with van der Waals surface area (Å²) in [5, 5.41) is 4.86. The van der Waals surface area contributed by atoms with Crippen LogP contribution in [-0.4, -0.2) is 44.1 Å². The number of nitrogens with one attached hydrogen (secondary N) is 2. The van der Waals surface area contributed by atoms with Gasteiger partial charge in [-0.3, -0.25) is 14.4 Å². The first-order valence-corrected chi connectivity index (χ1v) is 8.50. The van der Waals surface area contributed by atoms with Crippen molar-refractivity contribution in [1.82, 2.24) is 10.6 Å². The summed E-state index contributed by atoms with van der Waals surface area (Å²) in [7, 11) is 0. The van der Waals surface area contributed by atoms with E-state index < -0.39 is 11.9 Å². The molecule has 1 aromatic carbocycles. The highest BCUT2D eigenvalue weighted by atomic mass is 16.5. The van der Waals surface area contributed by atoms with Gasteiger partial charge in [0.25, 0.3) is 5.91 Å². The zero-order valence-electron chi connectivity index (χ0n) is 14.8. The minimum absolute atomic E-state index is 0.215. The van der Waals surface area contributed by atoms with Crippen molar-refractivity contribution in [3.8, 4) is 5.75 Å². The lowest BCUT2D eigenvalue weighted by molar-refractivity contribution is -0.143. The van der Waals surface area contributed by atoms with E-state index in [1.54, 1.807) is 31.2 Å². The van der Waals surface area contributed by atoms with Gasteiger partial charge in [0, 0.05) is 5.56 Å². The third kappa shape index (κ3) is 8.74. The predicted octanol–water partition coefficient (Wildman–Crippen LogP) is 1.66. The number of hydrogen-bond acceptors (Lipinski definition) is 5. The van der Waals surface area contributed by atoms with E-state index in [0.717, 1.165) is 19.3 Å². The molecule has 0 saturated carbocycles. The number of ether oxygens (including phenoxy) is 2. The highest BCUT2D eigenvalue weighted by Crippen LogP contribution is 2.12. The van der Waals surface area contributed by atoms with Crippen molar-refractivity contribution in [3.63, 3.8) is 0 Å². The highest BCUT2D eigenvalue weighted by Gasteiger charge is 2.09. The molecule has 0 saturated heterocycles. The van der Waals surface area contributed by atoms with Gasteiger partial charge in [-0.25, -0.2) is 0 Å². The van der Waals surface area contributed by atoms with Crippen molar-refractivity contribution in [2.45, 2.75) is 33.1 Å². The molecule has 0 spiro atoms. The van der Waals surface area contributed by atoms with Crippen molar-refractivity contribution < 1.29 is 23.9 Å². The molecule has 0 atom stereocenters. The van der Waals surface area contributed by atoms with Crippen LogP contribution in [0.5, 0.6) is 5.75 Å². The van der Waals surface area contributed by atoms with Crippen LogP contribution >= 0.6 is 0 Å². The van der Waals surface area contributed by atoms with Gasteiger partial charge >= 0.3 is 5.97 Å². The Morgan fingerprint density at radius 1 is 0.960 bits per heavy atom. The summed E-state index contributed by atoms with van der Waals surface area (Å²) in [4.78, 5) is 34.7. The summed E-state index contributed by atoms with van der Waals surface area (Å²) in [5.74, 6) is -0.641. The Bertz CT molecular complexity index is 557. The summed E-state index contributed by atoms with van der Waals surface area (Å²) in [6.07, 6.45) is 3.26. The SMILES string of the molecule is CCCCCOc1ccc(C(=O)NCC(=O)NCC(=O)OCC)cc1. The van der Waals surface area contributed by atoms with Gasteiger partial charge in [-0.2, -0.15) is 0 Å². The second-order valence-corrected chi connectivity index (χ2v) is 5.34. The van der Waals surface area contributed by atoms with Gasteiger partial charge in [-0.15, -0.1) is 0 Å². The summed E-state index contributed by atoms with van der Waals surface area (Å²) in [5.41, 5.74) is 0.430. The zero-order chi connectivity index (χ0) is 18.5. The Morgan fingerprint density at radius 2 is 1.68 bits per heavy atom. The number of carbonyl (C=O) groups excluding carboxylic acids is 3. The van der Waals surface area contributed by atoms with E-state index in [4.69, 9.17) is 4.74 Å².